The van der Waals surface area contributed by atoms with E-state index in [1.165, 1.54) is 5.56 Å². The Labute approximate surface area is 169 Å². The maximum Gasteiger partial charge on any atom is 0.244 e. The molecule has 0 saturated carbocycles. The molecular formula is C23H21ClN2O2. The van der Waals surface area contributed by atoms with E-state index in [-0.39, 0.29) is 12.3 Å². The Morgan fingerprint density at radius 2 is 1.68 bits per heavy atom. The molecule has 0 bridgehead atoms. The number of rotatable bonds is 7. The van der Waals surface area contributed by atoms with Gasteiger partial charge in [0.05, 0.1) is 12.6 Å². The Morgan fingerprint density at radius 3 is 2.43 bits per heavy atom. The highest BCUT2D eigenvalue weighted by atomic mass is 35.5. The van der Waals surface area contributed by atoms with E-state index in [1.54, 1.807) is 18.3 Å². The zero-order chi connectivity index (χ0) is 19.8. The van der Waals surface area contributed by atoms with Crippen LogP contribution in [0.3, 0.4) is 0 Å². The highest BCUT2D eigenvalue weighted by Gasteiger charge is 2.04. The number of hydrogen-bond acceptors (Lipinski definition) is 3. The third-order valence-electron chi connectivity index (χ3n) is 4.10. The van der Waals surface area contributed by atoms with E-state index < -0.39 is 0 Å². The van der Waals surface area contributed by atoms with Gasteiger partial charge in [0, 0.05) is 10.6 Å². The highest BCUT2D eigenvalue weighted by Crippen LogP contribution is 2.18. The van der Waals surface area contributed by atoms with Crippen molar-refractivity contribution < 1.29 is 9.53 Å². The molecule has 1 N–H and O–H groups in total. The van der Waals surface area contributed by atoms with E-state index in [2.05, 4.69) is 29.6 Å². The summed E-state index contributed by atoms with van der Waals surface area (Å²) in [5.74, 6) is 0.510. The lowest BCUT2D eigenvalue weighted by Gasteiger charge is -2.09. The molecule has 0 aliphatic rings. The molecule has 1 amide bonds. The van der Waals surface area contributed by atoms with Gasteiger partial charge >= 0.3 is 0 Å². The third kappa shape index (κ3) is 5.96. The Morgan fingerprint density at radius 1 is 1.00 bits per heavy atom. The van der Waals surface area contributed by atoms with Crippen LogP contribution in [0.1, 0.15) is 22.3 Å². The van der Waals surface area contributed by atoms with Crippen molar-refractivity contribution in [3.8, 4) is 5.75 Å². The molecule has 0 aliphatic carbocycles. The number of carbonyl (C=O) groups is 1. The minimum atomic E-state index is -0.198. The lowest BCUT2D eigenvalue weighted by molar-refractivity contribution is -0.120. The first-order chi connectivity index (χ1) is 13.6. The number of nitrogens with one attached hydrogen (secondary N) is 1. The lowest BCUT2D eigenvalue weighted by Crippen LogP contribution is -2.19. The Bertz CT molecular complexity index is 951. The van der Waals surface area contributed by atoms with E-state index in [4.69, 9.17) is 16.3 Å². The summed E-state index contributed by atoms with van der Waals surface area (Å²) >= 11 is 5.85. The summed E-state index contributed by atoms with van der Waals surface area (Å²) in [6, 6.07) is 22.9. The van der Waals surface area contributed by atoms with Gasteiger partial charge in [0.15, 0.2) is 0 Å². The molecule has 0 aromatic heterocycles. The average Bonchev–Trinajstić information content (AvgIpc) is 2.70. The number of carbonyl (C=O) groups excluding carboxylic acids is 1. The number of halogens is 1. The molecule has 0 saturated heterocycles. The monoisotopic (exact) mass is 392 g/mol. The molecule has 142 valence electrons. The van der Waals surface area contributed by atoms with Crippen molar-refractivity contribution in [3.05, 3.63) is 100 Å². The normalized spacial score (nSPS) is 10.8. The molecule has 0 radical (unpaired) electrons. The summed E-state index contributed by atoms with van der Waals surface area (Å²) < 4.78 is 5.91. The first-order valence-electron chi connectivity index (χ1n) is 8.94. The van der Waals surface area contributed by atoms with Gasteiger partial charge in [0.2, 0.25) is 5.91 Å². The van der Waals surface area contributed by atoms with Crippen molar-refractivity contribution in [2.45, 2.75) is 20.0 Å². The number of nitrogens with zero attached hydrogens (tertiary/aromatic N) is 1. The Hall–Kier alpha value is -3.11. The van der Waals surface area contributed by atoms with Crippen molar-refractivity contribution in [2.75, 3.05) is 0 Å². The number of amides is 1. The second kappa shape index (κ2) is 9.72. The lowest BCUT2D eigenvalue weighted by atomic mass is 10.1. The first kappa shape index (κ1) is 19.6. The molecule has 0 atom stereocenters. The predicted molar refractivity (Wildman–Crippen MR) is 113 cm³/mol. The van der Waals surface area contributed by atoms with Crippen LogP contribution < -0.4 is 10.2 Å². The number of aryl methyl sites for hydroxylation is 1. The van der Waals surface area contributed by atoms with Crippen LogP contribution in [0.4, 0.5) is 0 Å². The molecule has 4 nitrogen and oxygen atoms in total. The Kier molecular flexibility index (Phi) is 6.82. The Balaban J connectivity index is 1.56. The van der Waals surface area contributed by atoms with E-state index in [0.717, 1.165) is 16.7 Å². The van der Waals surface area contributed by atoms with Gasteiger partial charge in [-0.25, -0.2) is 5.43 Å². The standard InChI is InChI=1S/C23H21ClN2O2/c1-17-6-8-19(9-7-17)16-28-22-5-3-2-4-20(22)15-25-26-23(27)14-18-10-12-21(24)13-11-18/h2-13,15H,14,16H2,1H3,(H,26,27)/b25-15-. The van der Waals surface area contributed by atoms with Crippen LogP contribution in [0, 0.1) is 6.92 Å². The van der Waals surface area contributed by atoms with E-state index in [0.29, 0.717) is 17.4 Å². The van der Waals surface area contributed by atoms with Crippen molar-refractivity contribution >= 4 is 23.7 Å². The number of para-hydroxylation sites is 1. The summed E-state index contributed by atoms with van der Waals surface area (Å²) in [6.07, 6.45) is 1.82. The fourth-order valence-corrected chi connectivity index (χ4v) is 2.69. The van der Waals surface area contributed by atoms with Gasteiger partial charge in [-0.15, -0.1) is 0 Å². The van der Waals surface area contributed by atoms with Crippen molar-refractivity contribution in [1.82, 2.24) is 5.43 Å². The molecule has 3 aromatic carbocycles. The van der Waals surface area contributed by atoms with Crippen LogP contribution in [-0.2, 0) is 17.8 Å². The topological polar surface area (TPSA) is 50.7 Å². The minimum Gasteiger partial charge on any atom is -0.488 e. The second-order valence-corrected chi connectivity index (χ2v) is 6.84. The molecule has 28 heavy (non-hydrogen) atoms. The maximum atomic E-state index is 12.0. The van der Waals surface area contributed by atoms with Crippen molar-refractivity contribution in [2.24, 2.45) is 5.10 Å². The minimum absolute atomic E-state index is 0.198. The zero-order valence-electron chi connectivity index (χ0n) is 15.6. The SMILES string of the molecule is Cc1ccc(COc2ccccc2/C=N\NC(=O)Cc2ccc(Cl)cc2)cc1. The predicted octanol–water partition coefficient (Wildman–Crippen LogP) is 4.92. The molecule has 0 spiro atoms. The summed E-state index contributed by atoms with van der Waals surface area (Å²) in [5, 5.41) is 4.69. The molecular weight excluding hydrogens is 372 g/mol. The summed E-state index contributed by atoms with van der Waals surface area (Å²) in [5.41, 5.74) is 6.52. The van der Waals surface area contributed by atoms with Gasteiger partial charge in [-0.1, -0.05) is 65.7 Å². The number of hydrogen-bond donors (Lipinski definition) is 1. The molecule has 3 aromatic rings. The van der Waals surface area contributed by atoms with Crippen LogP contribution in [0.15, 0.2) is 77.9 Å². The number of benzene rings is 3. The van der Waals surface area contributed by atoms with Crippen LogP contribution in [0.25, 0.3) is 0 Å². The quantitative estimate of drug-likeness (QED) is 0.458. The van der Waals surface area contributed by atoms with Gasteiger partial charge in [-0.3, -0.25) is 4.79 Å². The smallest absolute Gasteiger partial charge is 0.244 e. The second-order valence-electron chi connectivity index (χ2n) is 6.41. The number of hydrazone groups is 1. The first-order valence-corrected chi connectivity index (χ1v) is 9.32. The summed E-state index contributed by atoms with van der Waals surface area (Å²) in [6.45, 7) is 2.52. The maximum absolute atomic E-state index is 12.0. The van der Waals surface area contributed by atoms with E-state index in [9.17, 15) is 4.79 Å². The van der Waals surface area contributed by atoms with Crippen LogP contribution in [0.5, 0.6) is 5.75 Å². The molecule has 0 aliphatic heterocycles. The van der Waals surface area contributed by atoms with Crippen molar-refractivity contribution in [3.63, 3.8) is 0 Å². The van der Waals surface area contributed by atoms with Crippen LogP contribution >= 0.6 is 11.6 Å². The zero-order valence-corrected chi connectivity index (χ0v) is 16.3. The average molecular weight is 393 g/mol. The largest absolute Gasteiger partial charge is 0.488 e. The molecule has 0 heterocycles. The van der Waals surface area contributed by atoms with Crippen LogP contribution in [0.2, 0.25) is 5.02 Å². The molecule has 3 rings (SSSR count). The molecule has 0 fully saturated rings. The van der Waals surface area contributed by atoms with Gasteiger partial charge in [-0.2, -0.15) is 5.10 Å². The van der Waals surface area contributed by atoms with Crippen molar-refractivity contribution in [1.29, 1.82) is 0 Å². The third-order valence-corrected chi connectivity index (χ3v) is 4.36. The molecule has 0 unspecified atom stereocenters. The van der Waals surface area contributed by atoms with Gasteiger partial charge < -0.3 is 4.74 Å². The number of ether oxygens (including phenoxy) is 1. The van der Waals surface area contributed by atoms with Gasteiger partial charge in [0.25, 0.3) is 0 Å². The summed E-state index contributed by atoms with van der Waals surface area (Å²) in [4.78, 5) is 12.0. The van der Waals surface area contributed by atoms with Crippen LogP contribution in [-0.4, -0.2) is 12.1 Å². The van der Waals surface area contributed by atoms with Gasteiger partial charge in [0.1, 0.15) is 12.4 Å². The highest BCUT2D eigenvalue weighted by molar-refractivity contribution is 6.30. The fraction of sp³-hybridized carbons (Fsp3) is 0.130. The molecule has 5 heteroatoms. The van der Waals surface area contributed by atoms with E-state index in [1.807, 2.05) is 48.5 Å². The summed E-state index contributed by atoms with van der Waals surface area (Å²) in [7, 11) is 0. The fourth-order valence-electron chi connectivity index (χ4n) is 2.57. The van der Waals surface area contributed by atoms with Gasteiger partial charge in [-0.05, 0) is 42.3 Å². The van der Waals surface area contributed by atoms with E-state index >= 15 is 0 Å².